The number of fused-ring (bicyclic) bond motifs is 1. The minimum atomic E-state index is -0.421. The van der Waals surface area contributed by atoms with Gasteiger partial charge in [0, 0.05) is 37.3 Å². The topological polar surface area (TPSA) is 40.6 Å². The molecule has 1 saturated heterocycles. The molecule has 1 aliphatic carbocycles. The summed E-state index contributed by atoms with van der Waals surface area (Å²) < 4.78 is 13.4. The van der Waals surface area contributed by atoms with E-state index in [4.69, 9.17) is 0 Å². The van der Waals surface area contributed by atoms with Gasteiger partial charge in [-0.1, -0.05) is 31.0 Å². The lowest BCUT2D eigenvalue weighted by atomic mass is 9.78. The molecule has 2 fully saturated rings. The number of benzene rings is 2. The van der Waals surface area contributed by atoms with E-state index in [0.29, 0.717) is 29.6 Å². The van der Waals surface area contributed by atoms with Gasteiger partial charge in [0.2, 0.25) is 0 Å². The third-order valence-corrected chi connectivity index (χ3v) is 6.54. The Morgan fingerprint density at radius 3 is 2.50 bits per heavy atom. The molecular weight excluding hydrogens is 379 g/mol. The number of nitrogens with zero attached hydrogens (tertiary/aromatic N) is 2. The fourth-order valence-corrected chi connectivity index (χ4v) is 4.98. The van der Waals surface area contributed by atoms with Crippen molar-refractivity contribution >= 4 is 11.8 Å². The lowest BCUT2D eigenvalue weighted by Gasteiger charge is -2.44. The van der Waals surface area contributed by atoms with E-state index in [0.717, 1.165) is 24.9 Å². The van der Waals surface area contributed by atoms with Gasteiger partial charge in [0.15, 0.2) is 0 Å². The Balaban J connectivity index is 1.41. The van der Waals surface area contributed by atoms with Crippen LogP contribution in [0, 0.1) is 11.7 Å². The first-order chi connectivity index (χ1) is 14.5. The number of carbonyl (C=O) groups is 2. The monoisotopic (exact) mass is 408 g/mol. The first kappa shape index (κ1) is 20.6. The summed E-state index contributed by atoms with van der Waals surface area (Å²) in [7, 11) is 1.70. The van der Waals surface area contributed by atoms with E-state index < -0.39 is 5.82 Å². The molecule has 0 radical (unpaired) electrons. The highest BCUT2D eigenvalue weighted by Crippen LogP contribution is 2.35. The van der Waals surface area contributed by atoms with Gasteiger partial charge in [-0.05, 0) is 67.5 Å². The van der Waals surface area contributed by atoms with E-state index in [-0.39, 0.29) is 11.8 Å². The molecule has 4 nitrogen and oxygen atoms in total. The molecule has 30 heavy (non-hydrogen) atoms. The molecule has 2 aromatic rings. The van der Waals surface area contributed by atoms with Crippen LogP contribution in [0.15, 0.2) is 48.5 Å². The normalized spacial score (nSPS) is 21.1. The van der Waals surface area contributed by atoms with E-state index in [2.05, 4.69) is 4.90 Å². The van der Waals surface area contributed by atoms with Crippen LogP contribution in [-0.2, 0) is 6.54 Å². The summed E-state index contributed by atoms with van der Waals surface area (Å²) in [5.41, 5.74) is 1.98. The molecule has 0 spiro atoms. The molecule has 0 aromatic heterocycles. The van der Waals surface area contributed by atoms with Gasteiger partial charge in [-0.2, -0.15) is 0 Å². The Labute approximate surface area is 177 Å². The van der Waals surface area contributed by atoms with Crippen molar-refractivity contribution in [1.82, 2.24) is 9.80 Å². The number of halogens is 1. The van der Waals surface area contributed by atoms with Crippen LogP contribution in [0.2, 0.25) is 0 Å². The van der Waals surface area contributed by atoms with E-state index in [1.54, 1.807) is 18.0 Å². The summed E-state index contributed by atoms with van der Waals surface area (Å²) >= 11 is 0. The van der Waals surface area contributed by atoms with Crippen LogP contribution in [0.1, 0.15) is 64.8 Å². The summed E-state index contributed by atoms with van der Waals surface area (Å²) in [6.45, 7) is 1.25. The predicted octanol–water partition coefficient (Wildman–Crippen LogP) is 4.89. The molecule has 0 bridgehead atoms. The number of likely N-dealkylation sites (tertiary alicyclic amines) is 1. The number of amides is 2. The van der Waals surface area contributed by atoms with Gasteiger partial charge >= 0.3 is 0 Å². The van der Waals surface area contributed by atoms with Crippen molar-refractivity contribution in [2.75, 3.05) is 13.6 Å². The average Bonchev–Trinajstić information content (AvgIpc) is 2.78. The lowest BCUT2D eigenvalue weighted by Crippen LogP contribution is -2.49. The highest BCUT2D eigenvalue weighted by Gasteiger charge is 2.35. The minimum absolute atomic E-state index is 0.127. The minimum Gasteiger partial charge on any atom is -0.337 e. The van der Waals surface area contributed by atoms with Crippen molar-refractivity contribution in [3.63, 3.8) is 0 Å². The van der Waals surface area contributed by atoms with E-state index in [1.165, 1.54) is 43.9 Å². The molecule has 4 rings (SSSR count). The SMILES string of the molecule is CN(Cc1ccc(C(=O)N2CCCC3CCCCC32)cc1)C(=O)c1cccc(F)c1. The maximum atomic E-state index is 13.4. The van der Waals surface area contributed by atoms with Crippen LogP contribution >= 0.6 is 0 Å². The summed E-state index contributed by atoms with van der Waals surface area (Å²) in [6.07, 6.45) is 7.23. The predicted molar refractivity (Wildman–Crippen MR) is 115 cm³/mol. The van der Waals surface area contributed by atoms with Crippen molar-refractivity contribution in [2.45, 2.75) is 51.1 Å². The molecule has 1 saturated carbocycles. The Morgan fingerprint density at radius 1 is 1.00 bits per heavy atom. The van der Waals surface area contributed by atoms with E-state index in [9.17, 15) is 14.0 Å². The zero-order valence-electron chi connectivity index (χ0n) is 17.5. The van der Waals surface area contributed by atoms with Gasteiger partial charge in [0.05, 0.1) is 0 Å². The van der Waals surface area contributed by atoms with Crippen molar-refractivity contribution in [3.8, 4) is 0 Å². The molecule has 5 heteroatoms. The second-order valence-corrected chi connectivity index (χ2v) is 8.62. The molecule has 2 atom stereocenters. The summed E-state index contributed by atoms with van der Waals surface area (Å²) in [4.78, 5) is 29.3. The quantitative estimate of drug-likeness (QED) is 0.723. The Morgan fingerprint density at radius 2 is 1.73 bits per heavy atom. The van der Waals surface area contributed by atoms with Crippen LogP contribution in [0.25, 0.3) is 0 Å². The molecule has 1 aliphatic heterocycles. The van der Waals surface area contributed by atoms with Crippen LogP contribution in [0.4, 0.5) is 4.39 Å². The third-order valence-electron chi connectivity index (χ3n) is 6.54. The van der Waals surface area contributed by atoms with E-state index >= 15 is 0 Å². The highest BCUT2D eigenvalue weighted by molar-refractivity contribution is 5.95. The van der Waals surface area contributed by atoms with E-state index in [1.807, 2.05) is 24.3 Å². The smallest absolute Gasteiger partial charge is 0.254 e. The Hall–Kier alpha value is -2.69. The van der Waals surface area contributed by atoms with Gasteiger partial charge in [0.25, 0.3) is 11.8 Å². The fraction of sp³-hybridized carbons (Fsp3) is 0.440. The number of piperidine rings is 1. The first-order valence-electron chi connectivity index (χ1n) is 10.9. The largest absolute Gasteiger partial charge is 0.337 e. The number of hydrogen-bond donors (Lipinski definition) is 0. The Bertz CT molecular complexity index is 910. The molecular formula is C25H29FN2O2. The molecule has 2 aromatic carbocycles. The zero-order chi connectivity index (χ0) is 21.1. The van der Waals surface area contributed by atoms with Crippen LogP contribution in [0.5, 0.6) is 0 Å². The molecule has 2 amide bonds. The fourth-order valence-electron chi connectivity index (χ4n) is 4.98. The van der Waals surface area contributed by atoms with Crippen LogP contribution in [0.3, 0.4) is 0 Å². The summed E-state index contributed by atoms with van der Waals surface area (Å²) in [5.74, 6) is 0.141. The van der Waals surface area contributed by atoms with Crippen molar-refractivity contribution in [2.24, 2.45) is 5.92 Å². The molecule has 0 N–H and O–H groups in total. The van der Waals surface area contributed by atoms with Crippen molar-refractivity contribution in [1.29, 1.82) is 0 Å². The van der Waals surface area contributed by atoms with Gasteiger partial charge in [-0.15, -0.1) is 0 Å². The van der Waals surface area contributed by atoms with Crippen molar-refractivity contribution in [3.05, 3.63) is 71.0 Å². The molecule has 1 heterocycles. The van der Waals surface area contributed by atoms with Gasteiger partial charge < -0.3 is 9.80 Å². The summed E-state index contributed by atoms with van der Waals surface area (Å²) in [6, 6.07) is 13.7. The highest BCUT2D eigenvalue weighted by atomic mass is 19.1. The molecule has 2 aliphatic rings. The maximum Gasteiger partial charge on any atom is 0.254 e. The van der Waals surface area contributed by atoms with Crippen LogP contribution < -0.4 is 0 Å². The lowest BCUT2D eigenvalue weighted by molar-refractivity contribution is 0.0390. The number of hydrogen-bond acceptors (Lipinski definition) is 2. The third kappa shape index (κ3) is 4.40. The van der Waals surface area contributed by atoms with Gasteiger partial charge in [0.1, 0.15) is 5.82 Å². The number of rotatable bonds is 4. The first-order valence-corrected chi connectivity index (χ1v) is 10.9. The van der Waals surface area contributed by atoms with Crippen LogP contribution in [-0.4, -0.2) is 41.2 Å². The van der Waals surface area contributed by atoms with Gasteiger partial charge in [-0.3, -0.25) is 9.59 Å². The summed E-state index contributed by atoms with van der Waals surface area (Å²) in [5, 5.41) is 0. The maximum absolute atomic E-state index is 13.4. The number of carbonyl (C=O) groups excluding carboxylic acids is 2. The second-order valence-electron chi connectivity index (χ2n) is 8.62. The Kier molecular flexibility index (Phi) is 6.16. The molecule has 2 unspecified atom stereocenters. The second kappa shape index (κ2) is 8.99. The standard InChI is InChI=1S/C25H29FN2O2/c1-27(24(29)21-7-4-9-22(26)16-21)17-18-11-13-20(14-12-18)25(30)28-15-5-8-19-6-2-3-10-23(19)28/h4,7,9,11-14,16,19,23H,2-3,5-6,8,10,15,17H2,1H3. The van der Waals surface area contributed by atoms with Crippen molar-refractivity contribution < 1.29 is 14.0 Å². The molecule has 158 valence electrons. The zero-order valence-corrected chi connectivity index (χ0v) is 17.5. The average molecular weight is 409 g/mol. The van der Waals surface area contributed by atoms with Gasteiger partial charge in [-0.25, -0.2) is 4.39 Å².